The van der Waals surface area contributed by atoms with Crippen LogP contribution in [-0.2, 0) is 109 Å². The highest BCUT2D eigenvalue weighted by molar-refractivity contribution is 8.77. The van der Waals surface area contributed by atoms with Crippen molar-refractivity contribution in [3.63, 3.8) is 0 Å². The van der Waals surface area contributed by atoms with Crippen molar-refractivity contribution in [3.8, 4) is 0 Å². The lowest BCUT2D eigenvalue weighted by molar-refractivity contribution is -0.136. The summed E-state index contributed by atoms with van der Waals surface area (Å²) in [6, 6.07) is 14.4. The first-order chi connectivity index (χ1) is 57.8. The fraction of sp³-hybridized carbons (Fsp3) is 0.358. The van der Waals surface area contributed by atoms with E-state index in [0.717, 1.165) is 10.8 Å². The number of aromatic amines is 6. The lowest BCUT2D eigenvalue weighted by Gasteiger charge is -2.30. The highest BCUT2D eigenvalue weighted by Gasteiger charge is 2.40. The number of imidazole rings is 4. The molecule has 2 aliphatic heterocycles. The lowest BCUT2D eigenvalue weighted by atomic mass is 10.0. The number of nitrogens with one attached hydrogen (secondary N) is 18. The highest BCUT2D eigenvalue weighted by atomic mass is 33.1. The summed E-state index contributed by atoms with van der Waals surface area (Å²) in [5, 5.41) is 33.4. The number of amides is 12. The van der Waals surface area contributed by atoms with Crippen LogP contribution in [0, 0.1) is 0 Å². The van der Waals surface area contributed by atoms with Crippen LogP contribution >= 0.6 is 21.6 Å². The van der Waals surface area contributed by atoms with Gasteiger partial charge in [0.2, 0.25) is 65.0 Å². The van der Waals surface area contributed by atoms with E-state index in [0.29, 0.717) is 90.5 Å². The molecule has 119 heavy (non-hydrogen) atoms. The summed E-state index contributed by atoms with van der Waals surface area (Å²) in [4.78, 5) is 222. The number of benzene rings is 4. The Kier molecular flexibility index (Phi) is 30.3. The average Bonchev–Trinajstić information content (AvgIpc) is 1.77. The fourth-order valence-corrected chi connectivity index (χ4v) is 16.4. The molecule has 38 heteroatoms. The topological polar surface area (TPSA) is 548 Å². The Morgan fingerprint density at radius 1 is 0.303 bits per heavy atom. The molecular weight excluding hydrogens is 1570 g/mol. The number of para-hydroxylation sites is 2. The van der Waals surface area contributed by atoms with Crippen molar-refractivity contribution in [2.45, 2.75) is 162 Å². The maximum absolute atomic E-state index is 15.9. The Labute approximate surface area is 690 Å². The smallest absolute Gasteiger partial charge is 0.254 e. The predicted molar refractivity (Wildman–Crippen MR) is 442 cm³/mol. The third-order valence-electron chi connectivity index (χ3n) is 20.4. The van der Waals surface area contributed by atoms with Gasteiger partial charge < -0.3 is 105 Å². The maximum atomic E-state index is 15.9. The van der Waals surface area contributed by atoms with Gasteiger partial charge >= 0.3 is 0 Å². The van der Waals surface area contributed by atoms with Crippen molar-refractivity contribution in [3.05, 3.63) is 217 Å². The van der Waals surface area contributed by atoms with Crippen LogP contribution in [0.1, 0.15) is 83.6 Å². The fourth-order valence-electron chi connectivity index (χ4n) is 14.1. The molecule has 0 unspecified atom stereocenters. The second-order valence-corrected chi connectivity index (χ2v) is 31.6. The molecular formula is C81H96N24O12S2. The van der Waals surface area contributed by atoms with Crippen molar-refractivity contribution in [2.75, 3.05) is 18.8 Å². The number of fused-ring (bicyclic) bond motifs is 6. The van der Waals surface area contributed by atoms with Gasteiger partial charge in [0.15, 0.2) is 5.37 Å². The average molecular weight is 1660 g/mol. The number of hydrogen-bond acceptors (Lipinski definition) is 20. The largest absolute Gasteiger partial charge is 0.361 e. The van der Waals surface area contributed by atoms with E-state index in [1.807, 2.05) is 0 Å². The normalized spacial score (nSPS) is 23.0. The van der Waals surface area contributed by atoms with Crippen LogP contribution in [0.2, 0.25) is 0 Å². The van der Waals surface area contributed by atoms with E-state index in [9.17, 15) is 0 Å². The van der Waals surface area contributed by atoms with Gasteiger partial charge in [0.1, 0.15) is 66.5 Å². The molecule has 2 bridgehead atoms. The quantitative estimate of drug-likeness (QED) is 0.0284. The first kappa shape index (κ1) is 85.4. The van der Waals surface area contributed by atoms with Gasteiger partial charge in [-0.3, -0.25) is 57.5 Å². The summed E-state index contributed by atoms with van der Waals surface area (Å²) in [5.74, 6) is -11.7. The summed E-state index contributed by atoms with van der Waals surface area (Å²) >= 11 is 0. The van der Waals surface area contributed by atoms with Gasteiger partial charge in [-0.05, 0) is 86.0 Å². The monoisotopic (exact) mass is 1660 g/mol. The third kappa shape index (κ3) is 24.1. The van der Waals surface area contributed by atoms with Crippen LogP contribution in [0.3, 0.4) is 0 Å². The Morgan fingerprint density at radius 2 is 0.605 bits per heavy atom. The Hall–Kier alpha value is -12.9. The van der Waals surface area contributed by atoms with Gasteiger partial charge in [0, 0.05) is 116 Å². The van der Waals surface area contributed by atoms with Crippen molar-refractivity contribution < 1.29 is 57.5 Å². The standard InChI is InChI=1S/C81H96N24O12S2/c82-25-13-11-23-58-69(106)100-64(31-50-37-84-42-90-50)74(111)96-61(28-47-17-5-2-6-18-47)72(109)103-67(34-53-40-87-45-93-53)77(114)99-63(30-49-36-89-57-22-10-8-20-55(49)57)78(115)105-81-80(117)95-59(24-12-14-26-83)70(107)101-65(32-51-38-85-43-91-51)75(112)97-60(27-46-15-3-1-4-16-46)71(108)102-66(33-52-39-86-44-92-52)76(113)98-62(29-48-35-88-56-21-9-7-19-54(48)56)73(110)104-68(41-118-119-81)79(116)94-58/h1-10,15-22,35-40,42-45,58-68,81,88-89H,11-14,23-34,41,82-83H2,(H,84,90)(H,85,91)(H,86,92)(H,87,93)(H,94,116)(H,95,117)(H,96,111)(H,97,112)(H,98,113)(H,99,114)(H,100,106)(H,101,107)(H,102,108)(H,103,109)(H,104,110)(H,105,115)/t58-,59-,60+,61+,62-,63-,64-,65-,66-,67-,68-,81-/m0/s1. The molecule has 0 radical (unpaired) electrons. The number of nitrogens with two attached hydrogens (primary N) is 2. The molecule has 0 saturated carbocycles. The highest BCUT2D eigenvalue weighted by Crippen LogP contribution is 2.29. The van der Waals surface area contributed by atoms with E-state index >= 15 is 57.5 Å². The minimum Gasteiger partial charge on any atom is -0.361 e. The van der Waals surface area contributed by atoms with E-state index < -0.39 is 148 Å². The minimum atomic E-state index is -1.82. The summed E-state index contributed by atoms with van der Waals surface area (Å²) in [7, 11) is 1.44. The van der Waals surface area contributed by atoms with Gasteiger partial charge in [-0.1, -0.05) is 119 Å². The lowest BCUT2D eigenvalue weighted by Crippen LogP contribution is -2.62. The number of carbonyl (C=O) groups is 12. The predicted octanol–water partition coefficient (Wildman–Crippen LogP) is 0.225. The molecule has 36 nitrogen and oxygen atoms in total. The van der Waals surface area contributed by atoms with E-state index in [-0.39, 0.29) is 90.1 Å². The second kappa shape index (κ2) is 42.3. The summed E-state index contributed by atoms with van der Waals surface area (Å²) < 4.78 is 0. The number of H-pyrrole nitrogens is 6. The second-order valence-electron chi connectivity index (χ2n) is 29.1. The number of unbranched alkanes of at least 4 members (excludes halogenated alkanes) is 2. The Balaban J connectivity index is 1.00. The van der Waals surface area contributed by atoms with Crippen molar-refractivity contribution in [1.29, 1.82) is 0 Å². The summed E-state index contributed by atoms with van der Waals surface area (Å²) in [5.41, 5.74) is 16.8. The molecule has 624 valence electrons. The van der Waals surface area contributed by atoms with Gasteiger partial charge in [-0.2, -0.15) is 0 Å². The maximum Gasteiger partial charge on any atom is 0.254 e. The third-order valence-corrected chi connectivity index (χ3v) is 22.9. The number of carbonyl (C=O) groups excluding carboxylic acids is 12. The zero-order valence-electron chi connectivity index (χ0n) is 64.8. The van der Waals surface area contributed by atoms with Crippen LogP contribution in [0.15, 0.2) is 172 Å². The molecule has 10 aromatic rings. The molecule has 0 aliphatic carbocycles. The number of hydrogen-bond donors (Lipinski definition) is 20. The Morgan fingerprint density at radius 3 is 0.958 bits per heavy atom. The molecule has 12 amide bonds. The molecule has 2 saturated heterocycles. The van der Waals surface area contributed by atoms with Gasteiger partial charge in [0.05, 0.1) is 48.1 Å². The minimum absolute atomic E-state index is 0.109. The van der Waals surface area contributed by atoms with E-state index in [2.05, 4.69) is 114 Å². The first-order valence-corrected chi connectivity index (χ1v) is 41.6. The van der Waals surface area contributed by atoms with Crippen LogP contribution in [-0.4, -0.2) is 211 Å². The van der Waals surface area contributed by atoms with Gasteiger partial charge in [-0.15, -0.1) is 0 Å². The van der Waals surface area contributed by atoms with Crippen molar-refractivity contribution in [2.24, 2.45) is 11.5 Å². The summed E-state index contributed by atoms with van der Waals surface area (Å²) in [6.07, 6.45) is 13.7. The number of nitrogens with zero attached hydrogens (tertiary/aromatic N) is 4. The van der Waals surface area contributed by atoms with E-state index in [1.165, 1.54) is 50.1 Å². The van der Waals surface area contributed by atoms with Gasteiger partial charge in [0.25, 0.3) is 5.91 Å². The molecule has 6 aromatic heterocycles. The number of aromatic nitrogens is 10. The molecule has 2 aliphatic rings. The zero-order chi connectivity index (χ0) is 83.6. The molecule has 4 aromatic carbocycles. The molecule has 2 fully saturated rings. The molecule has 22 N–H and O–H groups in total. The van der Waals surface area contributed by atoms with Gasteiger partial charge in [-0.25, -0.2) is 19.9 Å². The summed E-state index contributed by atoms with van der Waals surface area (Å²) in [6.45, 7) is 0.323. The Bertz CT molecular complexity index is 4760. The van der Waals surface area contributed by atoms with Crippen molar-refractivity contribution >= 4 is 114 Å². The number of rotatable bonds is 24. The molecule has 12 rings (SSSR count). The van der Waals surface area contributed by atoms with Crippen LogP contribution in [0.4, 0.5) is 0 Å². The molecule has 8 heterocycles. The first-order valence-electron chi connectivity index (χ1n) is 39.2. The molecule has 0 spiro atoms. The zero-order valence-corrected chi connectivity index (χ0v) is 66.4. The molecule has 12 atom stereocenters. The van der Waals surface area contributed by atoms with E-state index in [1.54, 1.807) is 122 Å². The van der Waals surface area contributed by atoms with Crippen molar-refractivity contribution in [1.82, 2.24) is 114 Å². The van der Waals surface area contributed by atoms with Crippen LogP contribution < -0.4 is 75.3 Å². The SMILES string of the molecule is NCCCC[C@@H]1NC(=O)[C@@H]2CSS[C@H](NC(=O)[C@H](Cc3c[nH]c4ccccc34)NC(=O)[C@H](Cc3c[nH]cn3)NC(=O)[C@@H](Cc3ccccc3)NC(=O)[C@H](Cc3c[nH]cn3)NC1=O)C(=O)N[C@@H](CCCCN)C(=O)N[C@@H](Cc1c[nH]cn1)C(=O)N[C@H](Cc1ccccc1)C(=O)N[C@@H](Cc1c[nH]cn1)C(=O)N[C@@H](Cc1c[nH]c3ccccc13)C(=O)N2. The van der Waals surface area contributed by atoms with Crippen LogP contribution in [0.5, 0.6) is 0 Å². The van der Waals surface area contributed by atoms with Crippen LogP contribution in [0.25, 0.3) is 21.8 Å². The van der Waals surface area contributed by atoms with E-state index in [4.69, 9.17) is 11.5 Å².